The molecule has 0 saturated carbocycles. The molecule has 1 aromatic rings. The molecule has 9 heteroatoms. The Morgan fingerprint density at radius 3 is 2.00 bits per heavy atom. The van der Waals surface area contributed by atoms with Gasteiger partial charge < -0.3 is 14.0 Å². The molecule has 108 valence electrons. The smallest absolute Gasteiger partial charge is 0.456 e. The Morgan fingerprint density at radius 2 is 1.63 bits per heavy atom. The number of alkyl halides is 5. The zero-order chi connectivity index (χ0) is 14.9. The van der Waals surface area contributed by atoms with E-state index in [-0.39, 0.29) is 0 Å². The predicted molar refractivity (Wildman–Crippen MR) is 54.8 cm³/mol. The van der Waals surface area contributed by atoms with Gasteiger partial charge >= 0.3 is 12.1 Å². The third-order valence-corrected chi connectivity index (χ3v) is 2.70. The third-order valence-electron chi connectivity index (χ3n) is 2.11. The van der Waals surface area contributed by atoms with Gasteiger partial charge in [-0.2, -0.15) is 22.0 Å². The molecule has 1 aromatic carbocycles. The van der Waals surface area contributed by atoms with Gasteiger partial charge in [0, 0.05) is 6.66 Å². The monoisotopic (exact) mass is 303 g/mol. The Labute approximate surface area is 105 Å². The molecule has 0 bridgehead atoms. The maximum atomic E-state index is 13.3. The zero-order valence-electron chi connectivity index (χ0n) is 9.53. The van der Waals surface area contributed by atoms with Gasteiger partial charge in [-0.1, -0.05) is 30.3 Å². The Hall–Kier alpha value is -0.980. The second kappa shape index (κ2) is 5.19. The van der Waals surface area contributed by atoms with Crippen LogP contribution in [0.5, 0.6) is 0 Å². The minimum Gasteiger partial charge on any atom is -0.779 e. The summed E-state index contributed by atoms with van der Waals surface area (Å²) >= 11 is 0. The second-order valence-corrected chi connectivity index (χ2v) is 5.54. The van der Waals surface area contributed by atoms with Crippen LogP contribution in [0.15, 0.2) is 30.3 Å². The third kappa shape index (κ3) is 3.99. The number of benzene rings is 1. The van der Waals surface area contributed by atoms with Crippen molar-refractivity contribution in [3.8, 4) is 0 Å². The van der Waals surface area contributed by atoms with Crippen LogP contribution in [0.3, 0.4) is 0 Å². The Balaban J connectivity index is 3.25. The van der Waals surface area contributed by atoms with Crippen molar-refractivity contribution in [3.05, 3.63) is 35.9 Å². The number of rotatable bonds is 4. The lowest BCUT2D eigenvalue weighted by atomic mass is 10.0. The van der Waals surface area contributed by atoms with Gasteiger partial charge in [-0.3, -0.25) is 0 Å². The summed E-state index contributed by atoms with van der Waals surface area (Å²) < 4.78 is 78.4. The first-order valence-electron chi connectivity index (χ1n) is 4.91. The average Bonchev–Trinajstić information content (AvgIpc) is 2.24. The predicted octanol–water partition coefficient (Wildman–Crippen LogP) is 3.13. The molecule has 1 unspecified atom stereocenters. The van der Waals surface area contributed by atoms with E-state index in [0.29, 0.717) is 6.66 Å². The van der Waals surface area contributed by atoms with Crippen molar-refractivity contribution < 1.29 is 35.9 Å². The molecule has 0 fully saturated rings. The van der Waals surface area contributed by atoms with Crippen LogP contribution in [0.25, 0.3) is 0 Å². The van der Waals surface area contributed by atoms with E-state index in [1.54, 1.807) is 0 Å². The van der Waals surface area contributed by atoms with Crippen LogP contribution < -0.4 is 4.89 Å². The van der Waals surface area contributed by atoms with Gasteiger partial charge in [0.15, 0.2) is 6.10 Å². The summed E-state index contributed by atoms with van der Waals surface area (Å²) in [6, 6.07) is 5.64. The molecular formula is C10H9F5O3P-. The lowest BCUT2D eigenvalue weighted by Crippen LogP contribution is -2.43. The Morgan fingerprint density at radius 1 is 1.16 bits per heavy atom. The summed E-state index contributed by atoms with van der Waals surface area (Å²) in [5, 5.41) is 0. The van der Waals surface area contributed by atoms with Crippen molar-refractivity contribution in [2.75, 3.05) is 6.66 Å². The SMILES string of the molecule is CP(=O)([O-])O[C@H](c1ccccc1)C(F)(F)C(F)(F)F. The summed E-state index contributed by atoms with van der Waals surface area (Å²) in [6.45, 7) is 0.426. The van der Waals surface area contributed by atoms with E-state index < -0.39 is 31.4 Å². The molecule has 0 aromatic heterocycles. The lowest BCUT2D eigenvalue weighted by molar-refractivity contribution is -0.317. The zero-order valence-corrected chi connectivity index (χ0v) is 10.4. The van der Waals surface area contributed by atoms with Gasteiger partial charge in [0.1, 0.15) is 7.60 Å². The fourth-order valence-electron chi connectivity index (χ4n) is 1.30. The Kier molecular flexibility index (Phi) is 4.39. The molecule has 0 aliphatic rings. The summed E-state index contributed by atoms with van der Waals surface area (Å²) in [5.74, 6) is -5.33. The van der Waals surface area contributed by atoms with E-state index in [9.17, 15) is 31.4 Å². The first-order valence-corrected chi connectivity index (χ1v) is 6.90. The van der Waals surface area contributed by atoms with E-state index >= 15 is 0 Å². The minimum atomic E-state index is -5.93. The van der Waals surface area contributed by atoms with Crippen LogP contribution in [0, 0.1) is 0 Å². The van der Waals surface area contributed by atoms with Gasteiger partial charge in [-0.25, -0.2) is 0 Å². The highest BCUT2D eigenvalue weighted by Gasteiger charge is 2.64. The molecule has 0 aliphatic heterocycles. The minimum absolute atomic E-state index is 0.426. The van der Waals surface area contributed by atoms with Gasteiger partial charge in [0.05, 0.1) is 0 Å². The first kappa shape index (κ1) is 16.1. The van der Waals surface area contributed by atoms with Crippen LogP contribution in [0.1, 0.15) is 11.7 Å². The molecule has 0 amide bonds. The summed E-state index contributed by atoms with van der Waals surface area (Å²) in [5.41, 5.74) is -0.581. The van der Waals surface area contributed by atoms with Crippen molar-refractivity contribution in [1.29, 1.82) is 0 Å². The van der Waals surface area contributed by atoms with Crippen molar-refractivity contribution in [1.82, 2.24) is 0 Å². The normalized spacial score (nSPS) is 17.8. The molecule has 0 saturated heterocycles. The maximum Gasteiger partial charge on any atom is 0.456 e. The highest BCUT2D eigenvalue weighted by molar-refractivity contribution is 7.50. The largest absolute Gasteiger partial charge is 0.779 e. The van der Waals surface area contributed by atoms with E-state index in [0.717, 1.165) is 12.1 Å². The molecule has 19 heavy (non-hydrogen) atoms. The standard InChI is InChI=1S/C10H10F5O3P/c1-19(16,17)18-8(7-5-3-2-4-6-7)9(11,12)10(13,14)15/h2-6,8H,1H3,(H,16,17)/p-1/t8-/m1/s1. The van der Waals surface area contributed by atoms with E-state index in [2.05, 4.69) is 4.52 Å². The number of hydrogen-bond donors (Lipinski definition) is 0. The molecule has 1 rings (SSSR count). The van der Waals surface area contributed by atoms with Crippen LogP contribution in [-0.4, -0.2) is 18.8 Å². The van der Waals surface area contributed by atoms with Crippen molar-refractivity contribution in [2.24, 2.45) is 0 Å². The fraction of sp³-hybridized carbons (Fsp3) is 0.400. The fourth-order valence-corrected chi connectivity index (χ4v) is 1.94. The topological polar surface area (TPSA) is 49.4 Å². The van der Waals surface area contributed by atoms with E-state index in [4.69, 9.17) is 0 Å². The van der Waals surface area contributed by atoms with E-state index in [1.807, 2.05) is 0 Å². The second-order valence-electron chi connectivity index (χ2n) is 3.79. The Bertz CT molecular complexity index is 468. The molecule has 0 heterocycles. The molecule has 0 aliphatic carbocycles. The molecule has 0 radical (unpaired) electrons. The van der Waals surface area contributed by atoms with Gasteiger partial charge in [0.2, 0.25) is 0 Å². The maximum absolute atomic E-state index is 13.3. The molecular weight excluding hydrogens is 294 g/mol. The van der Waals surface area contributed by atoms with Crippen LogP contribution in [-0.2, 0) is 9.09 Å². The van der Waals surface area contributed by atoms with E-state index in [1.165, 1.54) is 18.2 Å². The first-order chi connectivity index (χ1) is 8.45. The molecule has 0 N–H and O–H groups in total. The number of hydrogen-bond acceptors (Lipinski definition) is 3. The van der Waals surface area contributed by atoms with Crippen molar-refractivity contribution in [3.63, 3.8) is 0 Å². The lowest BCUT2D eigenvalue weighted by Gasteiger charge is -2.32. The highest BCUT2D eigenvalue weighted by Crippen LogP contribution is 2.51. The van der Waals surface area contributed by atoms with Gasteiger partial charge in [-0.05, 0) is 5.56 Å². The van der Waals surface area contributed by atoms with Crippen molar-refractivity contribution in [2.45, 2.75) is 18.2 Å². The summed E-state index contributed by atoms with van der Waals surface area (Å²) in [7, 11) is -4.78. The van der Waals surface area contributed by atoms with Gasteiger partial charge in [0.25, 0.3) is 0 Å². The van der Waals surface area contributed by atoms with Crippen molar-refractivity contribution >= 4 is 7.60 Å². The quantitative estimate of drug-likeness (QED) is 0.634. The molecule has 2 atom stereocenters. The van der Waals surface area contributed by atoms with Crippen LogP contribution >= 0.6 is 7.60 Å². The molecule has 0 spiro atoms. The molecule has 3 nitrogen and oxygen atoms in total. The highest BCUT2D eigenvalue weighted by atomic mass is 31.2. The van der Waals surface area contributed by atoms with Crippen LogP contribution in [0.4, 0.5) is 22.0 Å². The summed E-state index contributed by atoms with van der Waals surface area (Å²) in [4.78, 5) is 10.9. The van der Waals surface area contributed by atoms with Crippen LogP contribution in [0.2, 0.25) is 0 Å². The number of halogens is 5. The van der Waals surface area contributed by atoms with Gasteiger partial charge in [-0.15, -0.1) is 0 Å². The average molecular weight is 303 g/mol. The summed E-state index contributed by atoms with van der Waals surface area (Å²) in [6.07, 6.45) is -8.87.